The number of nitrogens with two attached hydrogens (primary N) is 2. The Labute approximate surface area is 112 Å². The van der Waals surface area contributed by atoms with Crippen molar-refractivity contribution in [1.82, 2.24) is 4.90 Å². The van der Waals surface area contributed by atoms with Crippen molar-refractivity contribution in [3.05, 3.63) is 23.8 Å². The lowest BCUT2D eigenvalue weighted by Gasteiger charge is -2.37. The third kappa shape index (κ3) is 2.90. The van der Waals surface area contributed by atoms with Gasteiger partial charge in [-0.05, 0) is 32.0 Å². The van der Waals surface area contributed by atoms with Gasteiger partial charge in [0.05, 0.1) is 0 Å². The zero-order valence-corrected chi connectivity index (χ0v) is 11.6. The molecule has 0 radical (unpaired) electrons. The van der Waals surface area contributed by atoms with Crippen molar-refractivity contribution < 1.29 is 4.79 Å². The highest BCUT2D eigenvalue weighted by atomic mass is 32.2. The third-order valence-electron chi connectivity index (χ3n) is 2.94. The van der Waals surface area contributed by atoms with Crippen LogP contribution in [0.15, 0.2) is 18.2 Å². The first-order valence-corrected chi connectivity index (χ1v) is 6.95. The molecule has 1 aromatic rings. The van der Waals surface area contributed by atoms with Crippen LogP contribution < -0.4 is 11.5 Å². The lowest BCUT2D eigenvalue weighted by molar-refractivity contribution is 0.0748. The molecule has 1 saturated heterocycles. The van der Waals surface area contributed by atoms with Gasteiger partial charge in [0.15, 0.2) is 0 Å². The molecular formula is C13H19N3OS. The monoisotopic (exact) mass is 265 g/mol. The van der Waals surface area contributed by atoms with Gasteiger partial charge in [0.2, 0.25) is 0 Å². The number of nitrogen functional groups attached to an aromatic ring is 2. The first-order valence-electron chi connectivity index (χ1n) is 5.97. The second kappa shape index (κ2) is 4.72. The molecule has 0 bridgehead atoms. The molecule has 0 saturated carbocycles. The van der Waals surface area contributed by atoms with Crippen LogP contribution in [0.4, 0.5) is 11.4 Å². The van der Waals surface area contributed by atoms with Gasteiger partial charge >= 0.3 is 0 Å². The van der Waals surface area contributed by atoms with Crippen LogP contribution in [-0.4, -0.2) is 34.4 Å². The average molecular weight is 265 g/mol. The Balaban J connectivity index is 2.20. The van der Waals surface area contributed by atoms with Crippen molar-refractivity contribution in [2.24, 2.45) is 0 Å². The number of anilines is 2. The number of carbonyl (C=O) groups excluding carboxylic acids is 1. The Hall–Kier alpha value is -1.36. The summed E-state index contributed by atoms with van der Waals surface area (Å²) >= 11 is 1.90. The number of hydrogen-bond donors (Lipinski definition) is 2. The molecule has 1 aliphatic rings. The molecule has 98 valence electrons. The van der Waals surface area contributed by atoms with Gasteiger partial charge in [-0.2, -0.15) is 11.8 Å². The Morgan fingerprint density at radius 3 is 2.44 bits per heavy atom. The maximum Gasteiger partial charge on any atom is 0.254 e. The van der Waals surface area contributed by atoms with Crippen molar-refractivity contribution >= 4 is 29.0 Å². The fourth-order valence-corrected chi connectivity index (χ4v) is 3.28. The molecule has 2 rings (SSSR count). The van der Waals surface area contributed by atoms with Crippen LogP contribution in [0.1, 0.15) is 24.2 Å². The molecule has 0 spiro atoms. The van der Waals surface area contributed by atoms with Gasteiger partial charge in [0, 0.05) is 40.5 Å². The van der Waals surface area contributed by atoms with Crippen molar-refractivity contribution in [2.45, 2.75) is 18.6 Å². The molecule has 0 aromatic heterocycles. The minimum atomic E-state index is 0.0161. The van der Waals surface area contributed by atoms with E-state index < -0.39 is 0 Å². The standard InChI is InChI=1S/C13H19N3OS/c1-13(2)8-16(3-4-18-13)12(17)9-5-10(14)7-11(15)6-9/h5-7H,3-4,8,14-15H2,1-2H3. The highest BCUT2D eigenvalue weighted by molar-refractivity contribution is 8.00. The Morgan fingerprint density at radius 2 is 1.89 bits per heavy atom. The maximum absolute atomic E-state index is 12.4. The number of nitrogens with zero attached hydrogens (tertiary/aromatic N) is 1. The van der Waals surface area contributed by atoms with Crippen LogP contribution >= 0.6 is 11.8 Å². The number of hydrogen-bond acceptors (Lipinski definition) is 4. The van der Waals surface area contributed by atoms with Crippen LogP contribution in [0.5, 0.6) is 0 Å². The van der Waals surface area contributed by atoms with Gasteiger partial charge in [-0.15, -0.1) is 0 Å². The summed E-state index contributed by atoms with van der Waals surface area (Å²) in [6, 6.07) is 5.04. The van der Waals surface area contributed by atoms with E-state index in [2.05, 4.69) is 13.8 Å². The van der Waals surface area contributed by atoms with Crippen molar-refractivity contribution in [2.75, 3.05) is 30.3 Å². The molecule has 4 N–H and O–H groups in total. The van der Waals surface area contributed by atoms with Crippen LogP contribution in [-0.2, 0) is 0 Å². The van der Waals surface area contributed by atoms with Gasteiger partial charge in [0.25, 0.3) is 5.91 Å². The second-order valence-corrected chi connectivity index (χ2v) is 7.03. The lowest BCUT2D eigenvalue weighted by Crippen LogP contribution is -2.46. The summed E-state index contributed by atoms with van der Waals surface area (Å²) in [5.74, 6) is 0.985. The topological polar surface area (TPSA) is 72.3 Å². The summed E-state index contributed by atoms with van der Waals surface area (Å²) in [5, 5.41) is 0. The highest BCUT2D eigenvalue weighted by Crippen LogP contribution is 2.30. The zero-order valence-electron chi connectivity index (χ0n) is 10.8. The average Bonchev–Trinajstić information content (AvgIpc) is 2.25. The molecular weight excluding hydrogens is 246 g/mol. The molecule has 4 nitrogen and oxygen atoms in total. The molecule has 1 aromatic carbocycles. The van der Waals surface area contributed by atoms with Gasteiger partial charge < -0.3 is 16.4 Å². The Morgan fingerprint density at radius 1 is 1.28 bits per heavy atom. The normalized spacial score (nSPS) is 18.7. The van der Waals surface area contributed by atoms with E-state index in [1.165, 1.54) is 0 Å². The summed E-state index contributed by atoms with van der Waals surface area (Å²) in [6.07, 6.45) is 0. The van der Waals surface area contributed by atoms with Crippen molar-refractivity contribution in [1.29, 1.82) is 0 Å². The van der Waals surface area contributed by atoms with Gasteiger partial charge in [-0.3, -0.25) is 4.79 Å². The SMILES string of the molecule is CC1(C)CN(C(=O)c2cc(N)cc(N)c2)CCS1. The summed E-state index contributed by atoms with van der Waals surface area (Å²) in [4.78, 5) is 14.3. The molecule has 1 amide bonds. The number of amides is 1. The molecule has 1 aliphatic heterocycles. The minimum absolute atomic E-state index is 0.0161. The van der Waals surface area contributed by atoms with Crippen LogP contribution in [0.25, 0.3) is 0 Å². The predicted octanol–water partition coefficient (Wildman–Crippen LogP) is 1.82. The summed E-state index contributed by atoms with van der Waals surface area (Å²) < 4.78 is 0.111. The van der Waals surface area contributed by atoms with Crippen LogP contribution in [0.2, 0.25) is 0 Å². The zero-order chi connectivity index (χ0) is 13.3. The quantitative estimate of drug-likeness (QED) is 0.760. The Kier molecular flexibility index (Phi) is 3.43. The van der Waals surface area contributed by atoms with E-state index in [1.807, 2.05) is 16.7 Å². The van der Waals surface area contributed by atoms with Crippen molar-refractivity contribution in [3.8, 4) is 0 Å². The third-order valence-corrected chi connectivity index (χ3v) is 4.23. The second-order valence-electron chi connectivity index (χ2n) is 5.22. The van der Waals surface area contributed by atoms with Gasteiger partial charge in [-0.25, -0.2) is 0 Å². The first-order chi connectivity index (χ1) is 8.37. The van der Waals surface area contributed by atoms with E-state index in [4.69, 9.17) is 11.5 Å². The summed E-state index contributed by atoms with van der Waals surface area (Å²) in [7, 11) is 0. The predicted molar refractivity (Wildman–Crippen MR) is 77.7 cm³/mol. The van der Waals surface area contributed by atoms with E-state index in [9.17, 15) is 4.79 Å². The van der Waals surface area contributed by atoms with Crippen molar-refractivity contribution in [3.63, 3.8) is 0 Å². The van der Waals surface area contributed by atoms with E-state index in [0.29, 0.717) is 16.9 Å². The fraction of sp³-hybridized carbons (Fsp3) is 0.462. The fourth-order valence-electron chi connectivity index (χ4n) is 2.17. The van der Waals surface area contributed by atoms with Crippen LogP contribution in [0, 0.1) is 0 Å². The number of rotatable bonds is 1. The molecule has 5 heteroatoms. The molecule has 0 aliphatic carbocycles. The molecule has 0 unspecified atom stereocenters. The highest BCUT2D eigenvalue weighted by Gasteiger charge is 2.30. The first kappa shape index (κ1) is 13.1. The smallest absolute Gasteiger partial charge is 0.254 e. The van der Waals surface area contributed by atoms with Gasteiger partial charge in [-0.1, -0.05) is 0 Å². The maximum atomic E-state index is 12.4. The van der Waals surface area contributed by atoms with E-state index in [-0.39, 0.29) is 10.7 Å². The minimum Gasteiger partial charge on any atom is -0.399 e. The Bertz CT molecular complexity index is 453. The number of carbonyl (C=O) groups is 1. The van der Waals surface area contributed by atoms with Gasteiger partial charge in [0.1, 0.15) is 0 Å². The lowest BCUT2D eigenvalue weighted by atomic mass is 10.1. The summed E-state index contributed by atoms with van der Waals surface area (Å²) in [6.45, 7) is 5.85. The van der Waals surface area contributed by atoms with Crippen LogP contribution in [0.3, 0.4) is 0 Å². The molecule has 1 fully saturated rings. The van der Waals surface area contributed by atoms with E-state index in [0.717, 1.165) is 18.8 Å². The number of thioether (sulfide) groups is 1. The molecule has 0 atom stereocenters. The van der Waals surface area contributed by atoms with E-state index >= 15 is 0 Å². The van der Waals surface area contributed by atoms with E-state index in [1.54, 1.807) is 18.2 Å². The number of benzene rings is 1. The summed E-state index contributed by atoms with van der Waals surface area (Å²) in [5.41, 5.74) is 13.1. The molecule has 18 heavy (non-hydrogen) atoms. The largest absolute Gasteiger partial charge is 0.399 e. The molecule has 1 heterocycles.